The lowest BCUT2D eigenvalue weighted by molar-refractivity contribution is 0.235. The lowest BCUT2D eigenvalue weighted by atomic mass is 9.69. The Bertz CT molecular complexity index is 339. The first kappa shape index (κ1) is 14.7. The SMILES string of the molecule is C=C1CC=CC(C)(C)[C@H]1C/C=C(/C)[C@H](O)CBr. The van der Waals surface area contributed by atoms with E-state index in [1.54, 1.807) is 0 Å². The van der Waals surface area contributed by atoms with Crippen LogP contribution in [0.25, 0.3) is 0 Å². The van der Waals surface area contributed by atoms with Crippen LogP contribution >= 0.6 is 15.9 Å². The second-order valence-corrected chi connectivity index (χ2v) is 6.14. The van der Waals surface area contributed by atoms with Crippen LogP contribution in [0, 0.1) is 11.3 Å². The molecule has 0 aromatic carbocycles. The van der Waals surface area contributed by atoms with Crippen molar-refractivity contribution in [2.24, 2.45) is 11.3 Å². The summed E-state index contributed by atoms with van der Waals surface area (Å²) in [4.78, 5) is 0. The molecule has 2 atom stereocenters. The molecule has 0 amide bonds. The molecule has 1 aliphatic rings. The maximum Gasteiger partial charge on any atom is 0.0844 e. The highest BCUT2D eigenvalue weighted by atomic mass is 79.9. The third-order valence-corrected chi connectivity index (χ3v) is 4.28. The summed E-state index contributed by atoms with van der Waals surface area (Å²) in [5.41, 5.74) is 2.51. The summed E-state index contributed by atoms with van der Waals surface area (Å²) in [6.07, 6.45) is 8.24. The van der Waals surface area contributed by atoms with Crippen LogP contribution < -0.4 is 0 Å². The predicted octanol–water partition coefficient (Wildman–Crippen LogP) is 4.24. The Morgan fingerprint density at radius 3 is 2.88 bits per heavy atom. The molecule has 1 rings (SSSR count). The van der Waals surface area contributed by atoms with Crippen LogP contribution in [0.2, 0.25) is 0 Å². The van der Waals surface area contributed by atoms with Gasteiger partial charge in [0.15, 0.2) is 0 Å². The molecule has 17 heavy (non-hydrogen) atoms. The van der Waals surface area contributed by atoms with Gasteiger partial charge in [0.05, 0.1) is 6.10 Å². The molecule has 96 valence electrons. The summed E-state index contributed by atoms with van der Waals surface area (Å²) in [7, 11) is 0. The van der Waals surface area contributed by atoms with Crippen molar-refractivity contribution in [1.82, 2.24) is 0 Å². The van der Waals surface area contributed by atoms with Gasteiger partial charge in [-0.1, -0.05) is 60.2 Å². The quantitative estimate of drug-likeness (QED) is 0.608. The minimum Gasteiger partial charge on any atom is -0.388 e. The van der Waals surface area contributed by atoms with Gasteiger partial charge in [-0.2, -0.15) is 0 Å². The summed E-state index contributed by atoms with van der Waals surface area (Å²) < 4.78 is 0. The molecule has 0 aromatic heterocycles. The summed E-state index contributed by atoms with van der Waals surface area (Å²) in [6.45, 7) is 10.7. The highest BCUT2D eigenvalue weighted by Crippen LogP contribution is 2.41. The zero-order valence-electron chi connectivity index (χ0n) is 11.0. The fourth-order valence-corrected chi connectivity index (χ4v) is 2.84. The van der Waals surface area contributed by atoms with E-state index in [4.69, 9.17) is 0 Å². The number of hydrogen-bond donors (Lipinski definition) is 1. The Labute approximate surface area is 113 Å². The van der Waals surface area contributed by atoms with Crippen molar-refractivity contribution in [3.63, 3.8) is 0 Å². The number of rotatable bonds is 4. The molecule has 1 N–H and O–H groups in total. The van der Waals surface area contributed by atoms with E-state index in [0.717, 1.165) is 18.4 Å². The van der Waals surface area contributed by atoms with Crippen LogP contribution in [-0.2, 0) is 0 Å². The number of hydrogen-bond acceptors (Lipinski definition) is 1. The minimum absolute atomic E-state index is 0.172. The smallest absolute Gasteiger partial charge is 0.0844 e. The van der Waals surface area contributed by atoms with Gasteiger partial charge in [-0.15, -0.1) is 0 Å². The Morgan fingerprint density at radius 1 is 1.71 bits per heavy atom. The minimum atomic E-state index is -0.370. The third-order valence-electron chi connectivity index (χ3n) is 3.67. The molecular weight excluding hydrogens is 276 g/mol. The first-order chi connectivity index (χ1) is 7.88. The number of alkyl halides is 1. The highest BCUT2D eigenvalue weighted by Gasteiger charge is 2.30. The van der Waals surface area contributed by atoms with Crippen LogP contribution in [-0.4, -0.2) is 16.5 Å². The Kier molecular flexibility index (Phi) is 5.21. The summed E-state index contributed by atoms with van der Waals surface area (Å²) in [5, 5.41) is 10.3. The van der Waals surface area contributed by atoms with Crippen molar-refractivity contribution >= 4 is 15.9 Å². The molecular formula is C15H23BrO. The van der Waals surface area contributed by atoms with Crippen molar-refractivity contribution in [3.8, 4) is 0 Å². The normalized spacial score (nSPS) is 26.1. The van der Waals surface area contributed by atoms with Gasteiger partial charge in [0, 0.05) is 5.33 Å². The summed E-state index contributed by atoms with van der Waals surface area (Å²) in [5.74, 6) is 0.477. The van der Waals surface area contributed by atoms with Crippen LogP contribution in [0.15, 0.2) is 36.0 Å². The standard InChI is InChI=1S/C15H23BrO/c1-11-6-5-9-15(3,4)13(11)8-7-12(2)14(17)10-16/h5,7,9,13-14,17H,1,6,8,10H2,2-4H3/b12-7-/t13-,14+/m0/s1. The molecule has 0 saturated heterocycles. The lowest BCUT2D eigenvalue weighted by Crippen LogP contribution is -2.25. The molecule has 0 saturated carbocycles. The number of aliphatic hydroxyl groups is 1. The molecule has 1 nitrogen and oxygen atoms in total. The lowest BCUT2D eigenvalue weighted by Gasteiger charge is -2.36. The van der Waals surface area contributed by atoms with Crippen LogP contribution in [0.4, 0.5) is 0 Å². The fourth-order valence-electron chi connectivity index (χ4n) is 2.33. The molecule has 0 spiro atoms. The van der Waals surface area contributed by atoms with Gasteiger partial charge in [0.1, 0.15) is 0 Å². The molecule has 1 aliphatic carbocycles. The topological polar surface area (TPSA) is 20.2 Å². The van der Waals surface area contributed by atoms with Gasteiger partial charge >= 0.3 is 0 Å². The van der Waals surface area contributed by atoms with E-state index in [9.17, 15) is 5.11 Å². The van der Waals surface area contributed by atoms with E-state index < -0.39 is 0 Å². The Morgan fingerprint density at radius 2 is 2.35 bits per heavy atom. The largest absolute Gasteiger partial charge is 0.388 e. The van der Waals surface area contributed by atoms with Crippen molar-refractivity contribution in [1.29, 1.82) is 0 Å². The highest BCUT2D eigenvalue weighted by molar-refractivity contribution is 9.09. The number of allylic oxidation sites excluding steroid dienone is 4. The Hall–Kier alpha value is -0.340. The van der Waals surface area contributed by atoms with Crippen molar-refractivity contribution < 1.29 is 5.11 Å². The second kappa shape index (κ2) is 6.01. The molecule has 0 heterocycles. The first-order valence-corrected chi connectivity index (χ1v) is 7.26. The van der Waals surface area contributed by atoms with Gasteiger partial charge in [-0.25, -0.2) is 0 Å². The maximum absolute atomic E-state index is 9.70. The molecule has 0 aliphatic heterocycles. The molecule has 0 bridgehead atoms. The average Bonchev–Trinajstić information content (AvgIpc) is 2.26. The third kappa shape index (κ3) is 3.82. The maximum atomic E-state index is 9.70. The monoisotopic (exact) mass is 298 g/mol. The van der Waals surface area contributed by atoms with Gasteiger partial charge in [0.2, 0.25) is 0 Å². The van der Waals surface area contributed by atoms with E-state index in [1.807, 2.05) is 6.92 Å². The van der Waals surface area contributed by atoms with Crippen LogP contribution in [0.3, 0.4) is 0 Å². The summed E-state index contributed by atoms with van der Waals surface area (Å²) in [6, 6.07) is 0. The van der Waals surface area contributed by atoms with Crippen LogP contribution in [0.1, 0.15) is 33.6 Å². The predicted molar refractivity (Wildman–Crippen MR) is 78.3 cm³/mol. The van der Waals surface area contributed by atoms with Crippen molar-refractivity contribution in [2.45, 2.75) is 39.7 Å². The molecule has 0 unspecified atom stereocenters. The van der Waals surface area contributed by atoms with Crippen molar-refractivity contribution in [3.05, 3.63) is 36.0 Å². The first-order valence-electron chi connectivity index (χ1n) is 6.14. The fraction of sp³-hybridized carbons (Fsp3) is 0.600. The van der Waals surface area contributed by atoms with Gasteiger partial charge in [0.25, 0.3) is 0 Å². The van der Waals surface area contributed by atoms with E-state index in [-0.39, 0.29) is 11.5 Å². The molecule has 2 heteroatoms. The van der Waals surface area contributed by atoms with Crippen molar-refractivity contribution in [2.75, 3.05) is 5.33 Å². The number of aliphatic hydroxyl groups excluding tert-OH is 1. The second-order valence-electron chi connectivity index (χ2n) is 5.49. The Balaban J connectivity index is 2.74. The molecule has 0 aromatic rings. The zero-order valence-corrected chi connectivity index (χ0v) is 12.6. The van der Waals surface area contributed by atoms with E-state index in [2.05, 4.69) is 54.6 Å². The molecule has 0 fully saturated rings. The molecule has 0 radical (unpaired) electrons. The zero-order chi connectivity index (χ0) is 13.1. The van der Waals surface area contributed by atoms with Gasteiger partial charge in [-0.3, -0.25) is 0 Å². The summed E-state index contributed by atoms with van der Waals surface area (Å²) >= 11 is 3.30. The average molecular weight is 299 g/mol. The van der Waals surface area contributed by atoms with E-state index in [1.165, 1.54) is 5.57 Å². The number of halogens is 1. The van der Waals surface area contributed by atoms with E-state index >= 15 is 0 Å². The van der Waals surface area contributed by atoms with E-state index in [0.29, 0.717) is 11.2 Å². The van der Waals surface area contributed by atoms with Gasteiger partial charge < -0.3 is 5.11 Å². The van der Waals surface area contributed by atoms with Gasteiger partial charge in [-0.05, 0) is 36.7 Å². The van der Waals surface area contributed by atoms with Crippen LogP contribution in [0.5, 0.6) is 0 Å².